The lowest BCUT2D eigenvalue weighted by Gasteiger charge is -2.46. The Morgan fingerprint density at radius 2 is 1.95 bits per heavy atom. The average molecular weight is 290 g/mol. The number of nitrogens with two attached hydrogens (primary N) is 1. The van der Waals surface area contributed by atoms with Gasteiger partial charge in [0.25, 0.3) is 0 Å². The lowest BCUT2D eigenvalue weighted by molar-refractivity contribution is -0.121. The predicted octanol–water partition coefficient (Wildman–Crippen LogP) is 1.63. The van der Waals surface area contributed by atoms with Crippen LogP contribution in [0.2, 0.25) is 0 Å². The van der Waals surface area contributed by atoms with E-state index >= 15 is 0 Å². The Hall–Kier alpha value is -1.62. The lowest BCUT2D eigenvalue weighted by Crippen LogP contribution is -2.62. The summed E-state index contributed by atoms with van der Waals surface area (Å²) in [5.74, 6) is 0.0192. The molecule has 0 radical (unpaired) electrons. The van der Waals surface area contributed by atoms with Gasteiger partial charge in [0.2, 0.25) is 5.91 Å². The molecule has 1 amide bonds. The first-order valence-electron chi connectivity index (χ1n) is 7.44. The van der Waals surface area contributed by atoms with Crippen LogP contribution in [0.15, 0.2) is 18.3 Å². The number of hydrogen-bond donors (Lipinski definition) is 3. The summed E-state index contributed by atoms with van der Waals surface area (Å²) in [4.78, 5) is 16.4. The summed E-state index contributed by atoms with van der Waals surface area (Å²) in [7, 11) is 0. The van der Waals surface area contributed by atoms with Crippen LogP contribution < -0.4 is 16.4 Å². The van der Waals surface area contributed by atoms with Crippen LogP contribution in [-0.4, -0.2) is 28.0 Å². The van der Waals surface area contributed by atoms with Crippen molar-refractivity contribution in [3.63, 3.8) is 0 Å². The van der Waals surface area contributed by atoms with Crippen LogP contribution in [0.4, 0.5) is 5.69 Å². The first-order valence-corrected chi connectivity index (χ1v) is 7.44. The fraction of sp³-hybridized carbons (Fsp3) is 0.625. The first kappa shape index (κ1) is 15.8. The highest BCUT2D eigenvalue weighted by Crippen LogP contribution is 2.28. The molecule has 0 unspecified atom stereocenters. The normalized spacial score (nSPS) is 21.0. The quantitative estimate of drug-likeness (QED) is 0.790. The fourth-order valence-corrected chi connectivity index (χ4v) is 3.41. The molecule has 2 rings (SSSR count). The minimum absolute atomic E-state index is 0.0192. The molecule has 116 valence electrons. The number of pyridine rings is 1. The third-order valence-corrected chi connectivity index (χ3v) is 3.74. The van der Waals surface area contributed by atoms with Gasteiger partial charge in [-0.1, -0.05) is 0 Å². The van der Waals surface area contributed by atoms with Crippen LogP contribution in [0.3, 0.4) is 0 Å². The van der Waals surface area contributed by atoms with E-state index in [0.717, 1.165) is 18.5 Å². The molecule has 1 aliphatic heterocycles. The number of hydrogen-bond acceptors (Lipinski definition) is 4. The van der Waals surface area contributed by atoms with Crippen molar-refractivity contribution < 1.29 is 4.79 Å². The van der Waals surface area contributed by atoms with Gasteiger partial charge in [-0.2, -0.15) is 0 Å². The zero-order chi connectivity index (χ0) is 15.7. The number of aromatic nitrogens is 1. The number of nitrogens with zero attached hydrogens (tertiary/aromatic N) is 1. The minimum atomic E-state index is 0.0192. The van der Waals surface area contributed by atoms with Gasteiger partial charge in [-0.15, -0.1) is 0 Å². The zero-order valence-electron chi connectivity index (χ0n) is 13.4. The van der Waals surface area contributed by atoms with Gasteiger partial charge >= 0.3 is 0 Å². The minimum Gasteiger partial charge on any atom is -0.397 e. The third-order valence-electron chi connectivity index (χ3n) is 3.74. The van der Waals surface area contributed by atoms with E-state index in [2.05, 4.69) is 43.3 Å². The van der Waals surface area contributed by atoms with Gasteiger partial charge in [0.05, 0.1) is 18.3 Å². The summed E-state index contributed by atoms with van der Waals surface area (Å²) in [5.41, 5.74) is 7.01. The van der Waals surface area contributed by atoms with Gasteiger partial charge < -0.3 is 16.4 Å². The predicted molar refractivity (Wildman–Crippen MR) is 84.8 cm³/mol. The molecule has 0 aromatic carbocycles. The molecular weight excluding hydrogens is 264 g/mol. The second kappa shape index (κ2) is 5.64. The number of piperidine rings is 1. The summed E-state index contributed by atoms with van der Waals surface area (Å²) in [6.45, 7) is 8.70. The number of amides is 1. The van der Waals surface area contributed by atoms with Crippen molar-refractivity contribution in [3.05, 3.63) is 24.0 Å². The first-order chi connectivity index (χ1) is 9.65. The van der Waals surface area contributed by atoms with Crippen molar-refractivity contribution in [2.24, 2.45) is 0 Å². The summed E-state index contributed by atoms with van der Waals surface area (Å²) < 4.78 is 0. The molecule has 1 saturated heterocycles. The van der Waals surface area contributed by atoms with E-state index in [-0.39, 0.29) is 23.0 Å². The van der Waals surface area contributed by atoms with E-state index in [1.54, 1.807) is 18.3 Å². The van der Waals surface area contributed by atoms with Gasteiger partial charge in [-0.3, -0.25) is 9.78 Å². The number of anilines is 1. The van der Waals surface area contributed by atoms with Crippen molar-refractivity contribution in [3.8, 4) is 0 Å². The molecule has 0 saturated carbocycles. The number of nitrogens with one attached hydrogen (secondary N) is 2. The van der Waals surface area contributed by atoms with Gasteiger partial charge in [-0.05, 0) is 52.7 Å². The summed E-state index contributed by atoms with van der Waals surface area (Å²) in [5, 5.41) is 6.76. The Labute approximate surface area is 126 Å². The van der Waals surface area contributed by atoms with Crippen LogP contribution in [0.5, 0.6) is 0 Å². The van der Waals surface area contributed by atoms with Crippen LogP contribution in [0, 0.1) is 0 Å². The van der Waals surface area contributed by atoms with Crippen molar-refractivity contribution >= 4 is 11.6 Å². The number of rotatable bonds is 3. The van der Waals surface area contributed by atoms with Gasteiger partial charge in [-0.25, -0.2) is 0 Å². The molecule has 5 heteroatoms. The fourth-order valence-electron chi connectivity index (χ4n) is 3.41. The monoisotopic (exact) mass is 290 g/mol. The smallest absolute Gasteiger partial charge is 0.226 e. The molecule has 1 aromatic heterocycles. The molecule has 1 aliphatic rings. The Balaban J connectivity index is 1.94. The topological polar surface area (TPSA) is 80.0 Å². The Morgan fingerprint density at radius 3 is 2.48 bits per heavy atom. The second-order valence-electron chi connectivity index (χ2n) is 7.33. The van der Waals surface area contributed by atoms with E-state index in [1.807, 2.05) is 0 Å². The Morgan fingerprint density at radius 1 is 1.33 bits per heavy atom. The van der Waals surface area contributed by atoms with Gasteiger partial charge in [0.1, 0.15) is 0 Å². The molecule has 4 N–H and O–H groups in total. The van der Waals surface area contributed by atoms with Crippen molar-refractivity contribution in [2.75, 3.05) is 5.73 Å². The maximum absolute atomic E-state index is 12.2. The summed E-state index contributed by atoms with van der Waals surface area (Å²) >= 11 is 0. The van der Waals surface area contributed by atoms with Crippen LogP contribution in [-0.2, 0) is 11.2 Å². The highest BCUT2D eigenvalue weighted by molar-refractivity contribution is 5.78. The summed E-state index contributed by atoms with van der Waals surface area (Å²) in [6, 6.07) is 3.76. The van der Waals surface area contributed by atoms with Gasteiger partial charge in [0.15, 0.2) is 0 Å². The number of carbonyl (C=O) groups is 1. The number of carbonyl (C=O) groups excluding carboxylic acids is 1. The molecule has 1 fully saturated rings. The van der Waals surface area contributed by atoms with Crippen LogP contribution in [0.25, 0.3) is 0 Å². The standard InChI is InChI=1S/C16H26N4O/c1-15(2)8-13(9-16(3,4)20-15)19-14(21)7-12-6-5-11(17)10-18-12/h5-6,10,13,20H,7-9,17H2,1-4H3,(H,19,21). The SMILES string of the molecule is CC1(C)CC(NC(=O)Cc2ccc(N)cn2)CC(C)(C)N1. The second-order valence-corrected chi connectivity index (χ2v) is 7.33. The van der Waals surface area contributed by atoms with Crippen LogP contribution >= 0.6 is 0 Å². The van der Waals surface area contributed by atoms with E-state index in [9.17, 15) is 4.79 Å². The van der Waals surface area contributed by atoms with E-state index < -0.39 is 0 Å². The van der Waals surface area contributed by atoms with E-state index in [1.165, 1.54) is 0 Å². The molecule has 0 atom stereocenters. The largest absolute Gasteiger partial charge is 0.397 e. The highest BCUT2D eigenvalue weighted by Gasteiger charge is 2.38. The van der Waals surface area contributed by atoms with Crippen molar-refractivity contribution in [1.82, 2.24) is 15.6 Å². The van der Waals surface area contributed by atoms with Gasteiger partial charge in [0, 0.05) is 22.8 Å². The summed E-state index contributed by atoms with van der Waals surface area (Å²) in [6.07, 6.45) is 3.74. The van der Waals surface area contributed by atoms with Crippen molar-refractivity contribution in [2.45, 2.75) is 64.1 Å². The molecule has 0 aliphatic carbocycles. The molecule has 2 heterocycles. The average Bonchev–Trinajstić information content (AvgIpc) is 2.27. The van der Waals surface area contributed by atoms with E-state index in [4.69, 9.17) is 5.73 Å². The van der Waals surface area contributed by atoms with Crippen molar-refractivity contribution in [1.29, 1.82) is 0 Å². The maximum Gasteiger partial charge on any atom is 0.226 e. The molecule has 0 spiro atoms. The molecule has 1 aromatic rings. The molecule has 5 nitrogen and oxygen atoms in total. The highest BCUT2D eigenvalue weighted by atomic mass is 16.1. The van der Waals surface area contributed by atoms with Crippen LogP contribution in [0.1, 0.15) is 46.2 Å². The zero-order valence-corrected chi connectivity index (χ0v) is 13.4. The maximum atomic E-state index is 12.2. The lowest BCUT2D eigenvalue weighted by atomic mass is 9.79. The molecule has 21 heavy (non-hydrogen) atoms. The molecular formula is C16H26N4O. The third kappa shape index (κ3) is 4.70. The van der Waals surface area contributed by atoms with E-state index in [0.29, 0.717) is 12.1 Å². The molecule has 0 bridgehead atoms. The number of nitrogen functional groups attached to an aromatic ring is 1. The Bertz CT molecular complexity index is 492. The Kier molecular flexibility index (Phi) is 4.23.